The van der Waals surface area contributed by atoms with Gasteiger partial charge in [0, 0.05) is 12.2 Å². The van der Waals surface area contributed by atoms with E-state index in [-0.39, 0.29) is 0 Å². The third-order valence-electron chi connectivity index (χ3n) is 1.88. The third-order valence-corrected chi connectivity index (χ3v) is 1.88. The molecule has 72 valence electrons. The molecule has 0 aliphatic carbocycles. The zero-order valence-electron chi connectivity index (χ0n) is 9.07. The van der Waals surface area contributed by atoms with Crippen LogP contribution in [0.25, 0.3) is 0 Å². The zero-order valence-corrected chi connectivity index (χ0v) is 9.07. The van der Waals surface area contributed by atoms with Gasteiger partial charge in [0.25, 0.3) is 0 Å². The van der Waals surface area contributed by atoms with E-state index < -0.39 is 0 Å². The predicted octanol–water partition coefficient (Wildman–Crippen LogP) is 1.46. The maximum atomic E-state index is 4.42. The Hall–Kier alpha value is -1.12. The summed E-state index contributed by atoms with van der Waals surface area (Å²) in [6.07, 6.45) is 4.17. The highest BCUT2D eigenvalue weighted by atomic mass is 15.3. The first kappa shape index (κ1) is 9.96. The van der Waals surface area contributed by atoms with Gasteiger partial charge in [-0.15, -0.1) is 0 Å². The second-order valence-electron chi connectivity index (χ2n) is 3.84. The van der Waals surface area contributed by atoms with Gasteiger partial charge in [-0.1, -0.05) is 0 Å². The maximum Gasteiger partial charge on any atom is 0.173 e. The summed E-state index contributed by atoms with van der Waals surface area (Å²) in [7, 11) is 4.04. The molecule has 0 bridgehead atoms. The molecule has 0 N–H and O–H groups in total. The average molecular weight is 180 g/mol. The molecule has 1 aromatic heterocycles. The van der Waals surface area contributed by atoms with Crippen LogP contribution in [-0.2, 0) is 0 Å². The molecule has 1 rings (SSSR count). The average Bonchev–Trinajstić information content (AvgIpc) is 2.31. The molecular formula is C10H18N3+. The molecule has 0 aliphatic heterocycles. The molecule has 0 fully saturated rings. The molecule has 0 aromatic carbocycles. The molecule has 0 radical (unpaired) electrons. The molecule has 0 aliphatic rings. The summed E-state index contributed by atoms with van der Waals surface area (Å²) in [5, 5.41) is 4.42. The monoisotopic (exact) mass is 180 g/mol. The molecule has 0 saturated heterocycles. The van der Waals surface area contributed by atoms with Gasteiger partial charge in [-0.2, -0.15) is 5.10 Å². The number of aryl methyl sites for hydroxylation is 1. The Morgan fingerprint density at radius 2 is 2.08 bits per heavy atom. The highest BCUT2D eigenvalue weighted by molar-refractivity contribution is 5.76. The largest absolute Gasteiger partial charge is 0.269 e. The van der Waals surface area contributed by atoms with Gasteiger partial charge < -0.3 is 0 Å². The van der Waals surface area contributed by atoms with Crippen LogP contribution >= 0.6 is 0 Å². The molecular weight excluding hydrogens is 162 g/mol. The molecule has 0 spiro atoms. The topological polar surface area (TPSA) is 20.8 Å². The van der Waals surface area contributed by atoms with Gasteiger partial charge in [0.2, 0.25) is 0 Å². The van der Waals surface area contributed by atoms with Crippen molar-refractivity contribution in [1.29, 1.82) is 0 Å². The molecule has 3 nitrogen and oxygen atoms in total. The smallest absolute Gasteiger partial charge is 0.173 e. The normalized spacial score (nSPS) is 10.6. The van der Waals surface area contributed by atoms with Gasteiger partial charge in [-0.05, 0) is 20.8 Å². The lowest BCUT2D eigenvalue weighted by Crippen LogP contribution is -2.01. The quantitative estimate of drug-likeness (QED) is 0.498. The lowest BCUT2D eigenvalue weighted by molar-refractivity contribution is -0.458. The molecule has 13 heavy (non-hydrogen) atoms. The van der Waals surface area contributed by atoms with E-state index in [4.69, 9.17) is 0 Å². The summed E-state index contributed by atoms with van der Waals surface area (Å²) in [4.78, 5) is 0. The van der Waals surface area contributed by atoms with Crippen molar-refractivity contribution >= 4 is 6.21 Å². The summed E-state index contributed by atoms with van der Waals surface area (Å²) in [5.74, 6) is 0. The minimum absolute atomic E-state index is 0.433. The summed E-state index contributed by atoms with van der Waals surface area (Å²) in [6, 6.07) is 0.433. The number of nitrogens with zero attached hydrogens (tertiary/aromatic N) is 3. The van der Waals surface area contributed by atoms with Crippen LogP contribution in [0, 0.1) is 6.92 Å². The Balaban J connectivity index is 3.03. The molecule has 1 aromatic rings. The maximum absolute atomic E-state index is 4.42. The van der Waals surface area contributed by atoms with Crippen LogP contribution in [0.4, 0.5) is 0 Å². The summed E-state index contributed by atoms with van der Waals surface area (Å²) in [5.41, 5.74) is 2.28. The van der Waals surface area contributed by atoms with Gasteiger partial charge in [0.15, 0.2) is 6.21 Å². The Bertz CT molecular complexity index is 317. The van der Waals surface area contributed by atoms with Crippen molar-refractivity contribution in [2.75, 3.05) is 14.1 Å². The van der Waals surface area contributed by atoms with E-state index in [1.54, 1.807) is 0 Å². The predicted molar refractivity (Wildman–Crippen MR) is 54.6 cm³/mol. The lowest BCUT2D eigenvalue weighted by atomic mass is 10.3. The van der Waals surface area contributed by atoms with E-state index in [2.05, 4.69) is 31.4 Å². The van der Waals surface area contributed by atoms with Gasteiger partial charge in [0.05, 0.1) is 11.3 Å². The highest BCUT2D eigenvalue weighted by Gasteiger charge is 2.06. The van der Waals surface area contributed by atoms with Crippen LogP contribution in [0.2, 0.25) is 0 Å². The van der Waals surface area contributed by atoms with Crippen LogP contribution in [-0.4, -0.2) is 34.7 Å². The Morgan fingerprint density at radius 3 is 2.46 bits per heavy atom. The Labute approximate surface area is 79.7 Å². The fourth-order valence-corrected chi connectivity index (χ4v) is 1.17. The first-order valence-corrected chi connectivity index (χ1v) is 4.57. The van der Waals surface area contributed by atoms with Crippen LogP contribution in [0.15, 0.2) is 6.20 Å². The Morgan fingerprint density at radius 1 is 1.46 bits per heavy atom. The van der Waals surface area contributed by atoms with E-state index >= 15 is 0 Å². The fraction of sp³-hybridized carbons (Fsp3) is 0.600. The van der Waals surface area contributed by atoms with Crippen molar-refractivity contribution in [3.8, 4) is 0 Å². The van der Waals surface area contributed by atoms with Crippen molar-refractivity contribution in [2.45, 2.75) is 26.8 Å². The molecule has 0 unspecified atom stereocenters. The standard InChI is InChI=1S/C10H18N3/c1-8(2)13-7-10(6-12(4)5)9(3)11-13/h6-8H,1-5H3/q+1. The first-order valence-electron chi connectivity index (χ1n) is 4.57. The van der Waals surface area contributed by atoms with Crippen molar-refractivity contribution in [2.24, 2.45) is 0 Å². The van der Waals surface area contributed by atoms with E-state index in [1.165, 1.54) is 5.56 Å². The number of hydrogen-bond acceptors (Lipinski definition) is 1. The van der Waals surface area contributed by atoms with E-state index in [9.17, 15) is 0 Å². The van der Waals surface area contributed by atoms with E-state index in [0.29, 0.717) is 6.04 Å². The summed E-state index contributed by atoms with van der Waals surface area (Å²) < 4.78 is 4.03. The van der Waals surface area contributed by atoms with Crippen molar-refractivity contribution in [1.82, 2.24) is 9.78 Å². The molecule has 3 heteroatoms. The minimum Gasteiger partial charge on any atom is -0.269 e. The second-order valence-corrected chi connectivity index (χ2v) is 3.84. The van der Waals surface area contributed by atoms with Gasteiger partial charge >= 0.3 is 0 Å². The van der Waals surface area contributed by atoms with Crippen molar-refractivity contribution in [3.05, 3.63) is 17.5 Å². The summed E-state index contributed by atoms with van der Waals surface area (Å²) >= 11 is 0. The van der Waals surface area contributed by atoms with Crippen LogP contribution in [0.1, 0.15) is 31.1 Å². The number of hydrogen-bond donors (Lipinski definition) is 0. The van der Waals surface area contributed by atoms with Crippen molar-refractivity contribution in [3.63, 3.8) is 0 Å². The van der Waals surface area contributed by atoms with Gasteiger partial charge in [-0.25, -0.2) is 4.58 Å². The van der Waals surface area contributed by atoms with Crippen molar-refractivity contribution < 1.29 is 4.58 Å². The van der Waals surface area contributed by atoms with Crippen LogP contribution in [0.3, 0.4) is 0 Å². The highest BCUT2D eigenvalue weighted by Crippen LogP contribution is 2.07. The molecule has 0 atom stereocenters. The van der Waals surface area contributed by atoms with Gasteiger partial charge in [0.1, 0.15) is 14.1 Å². The van der Waals surface area contributed by atoms with E-state index in [0.717, 1.165) is 5.69 Å². The SMILES string of the molecule is Cc1nn(C(C)C)cc1C=[N+](C)C. The third kappa shape index (κ3) is 2.41. The van der Waals surface area contributed by atoms with Crippen LogP contribution in [0.5, 0.6) is 0 Å². The zero-order chi connectivity index (χ0) is 10.0. The van der Waals surface area contributed by atoms with Crippen LogP contribution < -0.4 is 0 Å². The molecule has 0 saturated carbocycles. The molecule has 1 heterocycles. The minimum atomic E-state index is 0.433. The number of rotatable bonds is 2. The number of aromatic nitrogens is 2. The van der Waals surface area contributed by atoms with E-state index in [1.807, 2.05) is 30.3 Å². The van der Waals surface area contributed by atoms with Gasteiger partial charge in [-0.3, -0.25) is 4.68 Å². The fourth-order valence-electron chi connectivity index (χ4n) is 1.17. The molecule has 0 amide bonds. The lowest BCUT2D eigenvalue weighted by Gasteiger charge is -2.02. The second kappa shape index (κ2) is 3.73. The Kier molecular flexibility index (Phi) is 2.86. The first-order chi connectivity index (χ1) is 6.00. The summed E-state index contributed by atoms with van der Waals surface area (Å²) in [6.45, 7) is 6.30.